The number of hydrogen-bond donors (Lipinski definition) is 1. The lowest BCUT2D eigenvalue weighted by Gasteiger charge is -2.10. The molecule has 2 nitrogen and oxygen atoms in total. The minimum Gasteiger partial charge on any atom is -0.459 e. The van der Waals surface area contributed by atoms with Crippen LogP contribution >= 0.6 is 11.3 Å². The van der Waals surface area contributed by atoms with E-state index in [4.69, 9.17) is 4.42 Å². The van der Waals surface area contributed by atoms with Gasteiger partial charge < -0.3 is 9.73 Å². The van der Waals surface area contributed by atoms with Gasteiger partial charge in [-0.1, -0.05) is 0 Å². The largest absolute Gasteiger partial charge is 0.459 e. The second kappa shape index (κ2) is 4.79. The third-order valence-electron chi connectivity index (χ3n) is 3.12. The van der Waals surface area contributed by atoms with Gasteiger partial charge in [0.05, 0.1) is 0 Å². The Kier molecular flexibility index (Phi) is 3.12. The number of aryl methyl sites for hydroxylation is 1. The molecule has 2 aromatic heterocycles. The normalized spacial score (nSPS) is 13.0. The first-order chi connectivity index (χ1) is 9.17. The maximum atomic E-state index is 13.2. The number of furan rings is 1. The van der Waals surface area contributed by atoms with Gasteiger partial charge in [0.2, 0.25) is 0 Å². The molecule has 1 atom stereocenters. The van der Waals surface area contributed by atoms with Crippen LogP contribution in [0, 0.1) is 12.7 Å². The predicted octanol–water partition coefficient (Wildman–Crippen LogP) is 4.25. The van der Waals surface area contributed by atoms with Gasteiger partial charge in [-0.25, -0.2) is 4.39 Å². The third-order valence-corrected chi connectivity index (χ3v) is 4.18. The highest BCUT2D eigenvalue weighted by Crippen LogP contribution is 2.31. The average molecular weight is 275 g/mol. The third kappa shape index (κ3) is 2.29. The van der Waals surface area contributed by atoms with E-state index in [1.165, 1.54) is 21.9 Å². The van der Waals surface area contributed by atoms with Gasteiger partial charge in [-0.2, -0.15) is 0 Å². The average Bonchev–Trinajstić information content (AvgIpc) is 2.96. The summed E-state index contributed by atoms with van der Waals surface area (Å²) in [6.45, 7) is 2.08. The molecule has 0 saturated carbocycles. The van der Waals surface area contributed by atoms with Gasteiger partial charge in [0.25, 0.3) is 0 Å². The number of thiophene rings is 1. The minimum atomic E-state index is -0.243. The number of rotatable bonds is 3. The molecule has 19 heavy (non-hydrogen) atoms. The number of hydrogen-bond acceptors (Lipinski definition) is 3. The molecule has 3 rings (SSSR count). The van der Waals surface area contributed by atoms with Gasteiger partial charge >= 0.3 is 0 Å². The smallest absolute Gasteiger partial charge is 0.134 e. The van der Waals surface area contributed by atoms with E-state index in [9.17, 15) is 4.39 Å². The summed E-state index contributed by atoms with van der Waals surface area (Å²) >= 11 is 1.73. The van der Waals surface area contributed by atoms with Crippen molar-refractivity contribution >= 4 is 22.3 Å². The summed E-state index contributed by atoms with van der Waals surface area (Å²) in [4.78, 5) is 2.46. The van der Waals surface area contributed by atoms with Crippen molar-refractivity contribution in [2.45, 2.75) is 13.0 Å². The molecule has 0 saturated heterocycles. The number of benzene rings is 1. The molecule has 2 heterocycles. The van der Waals surface area contributed by atoms with E-state index in [-0.39, 0.29) is 11.9 Å². The molecule has 0 aliphatic rings. The van der Waals surface area contributed by atoms with Gasteiger partial charge in [0.15, 0.2) is 0 Å². The molecule has 0 aliphatic carbocycles. The number of halogens is 1. The lowest BCUT2D eigenvalue weighted by atomic mass is 10.1. The standard InChI is InChI=1S/C15H14FNOS/c1-9-3-6-14(19-9)15(17-2)13-8-10-7-11(16)4-5-12(10)18-13/h3-8,15,17H,1-2H3. The zero-order chi connectivity index (χ0) is 13.4. The van der Waals surface area contributed by atoms with Gasteiger partial charge in [-0.3, -0.25) is 0 Å². The first-order valence-electron chi connectivity index (χ1n) is 6.10. The highest BCUT2D eigenvalue weighted by Gasteiger charge is 2.18. The number of fused-ring (bicyclic) bond motifs is 1. The van der Waals surface area contributed by atoms with Crippen molar-refractivity contribution in [3.63, 3.8) is 0 Å². The monoisotopic (exact) mass is 275 g/mol. The van der Waals surface area contributed by atoms with E-state index in [0.717, 1.165) is 11.1 Å². The van der Waals surface area contributed by atoms with Crippen LogP contribution in [0.4, 0.5) is 4.39 Å². The van der Waals surface area contributed by atoms with Crippen LogP contribution in [-0.2, 0) is 0 Å². The van der Waals surface area contributed by atoms with Crippen LogP contribution < -0.4 is 5.32 Å². The van der Waals surface area contributed by atoms with Crippen molar-refractivity contribution in [1.82, 2.24) is 5.32 Å². The summed E-state index contributed by atoms with van der Waals surface area (Å²) in [5, 5.41) is 4.04. The Balaban J connectivity index is 2.06. The Morgan fingerprint density at radius 2 is 2.05 bits per heavy atom. The second-order valence-electron chi connectivity index (χ2n) is 4.50. The SMILES string of the molecule is CNC(c1cc2cc(F)ccc2o1)c1ccc(C)s1. The van der Waals surface area contributed by atoms with E-state index >= 15 is 0 Å². The first kappa shape index (κ1) is 12.4. The van der Waals surface area contributed by atoms with Crippen molar-refractivity contribution in [1.29, 1.82) is 0 Å². The van der Waals surface area contributed by atoms with Gasteiger partial charge in [-0.05, 0) is 50.4 Å². The van der Waals surface area contributed by atoms with Crippen molar-refractivity contribution in [3.8, 4) is 0 Å². The second-order valence-corrected chi connectivity index (χ2v) is 5.82. The fourth-order valence-electron chi connectivity index (χ4n) is 2.21. The van der Waals surface area contributed by atoms with Crippen LogP contribution in [-0.4, -0.2) is 7.05 Å². The molecule has 4 heteroatoms. The molecule has 1 N–H and O–H groups in total. The molecule has 0 spiro atoms. The summed E-state index contributed by atoms with van der Waals surface area (Å²) in [5.74, 6) is 0.567. The topological polar surface area (TPSA) is 25.2 Å². The molecule has 1 aromatic carbocycles. The van der Waals surface area contributed by atoms with E-state index in [1.54, 1.807) is 17.4 Å². The molecule has 0 radical (unpaired) electrons. The molecular weight excluding hydrogens is 261 g/mol. The van der Waals surface area contributed by atoms with Crippen LogP contribution in [0.1, 0.15) is 21.6 Å². The Morgan fingerprint density at radius 1 is 1.21 bits per heavy atom. The molecule has 0 amide bonds. The summed E-state index contributed by atoms with van der Waals surface area (Å²) in [5.41, 5.74) is 0.713. The summed E-state index contributed by atoms with van der Waals surface area (Å²) in [7, 11) is 1.90. The highest BCUT2D eigenvalue weighted by atomic mass is 32.1. The lowest BCUT2D eigenvalue weighted by molar-refractivity contribution is 0.495. The maximum absolute atomic E-state index is 13.2. The zero-order valence-corrected chi connectivity index (χ0v) is 11.6. The summed E-state index contributed by atoms with van der Waals surface area (Å²) in [6.07, 6.45) is 0. The predicted molar refractivity (Wildman–Crippen MR) is 76.1 cm³/mol. The highest BCUT2D eigenvalue weighted by molar-refractivity contribution is 7.12. The van der Waals surface area contributed by atoms with Crippen molar-refractivity contribution in [2.24, 2.45) is 0 Å². The fourth-order valence-corrected chi connectivity index (χ4v) is 3.21. The minimum absolute atomic E-state index is 0.00848. The van der Waals surface area contributed by atoms with Crippen LogP contribution in [0.3, 0.4) is 0 Å². The fraction of sp³-hybridized carbons (Fsp3) is 0.200. The molecule has 1 unspecified atom stereocenters. The first-order valence-corrected chi connectivity index (χ1v) is 6.91. The van der Waals surface area contributed by atoms with E-state index in [1.807, 2.05) is 13.1 Å². The Bertz CT molecular complexity index is 716. The van der Waals surface area contributed by atoms with Gasteiger partial charge in [0.1, 0.15) is 23.2 Å². The molecule has 98 valence electrons. The lowest BCUT2D eigenvalue weighted by Crippen LogP contribution is -2.15. The van der Waals surface area contributed by atoms with Crippen LogP contribution in [0.2, 0.25) is 0 Å². The van der Waals surface area contributed by atoms with E-state index < -0.39 is 0 Å². The van der Waals surface area contributed by atoms with Gasteiger partial charge in [-0.15, -0.1) is 11.3 Å². The van der Waals surface area contributed by atoms with Crippen molar-refractivity contribution < 1.29 is 8.81 Å². The van der Waals surface area contributed by atoms with Crippen LogP contribution in [0.15, 0.2) is 40.8 Å². The Labute approximate surface area is 114 Å². The van der Waals surface area contributed by atoms with Gasteiger partial charge in [0, 0.05) is 15.1 Å². The summed E-state index contributed by atoms with van der Waals surface area (Å²) < 4.78 is 19.0. The van der Waals surface area contributed by atoms with Crippen LogP contribution in [0.5, 0.6) is 0 Å². The molecule has 0 bridgehead atoms. The van der Waals surface area contributed by atoms with E-state index in [2.05, 4.69) is 24.4 Å². The number of nitrogens with one attached hydrogen (secondary N) is 1. The molecular formula is C15H14FNOS. The maximum Gasteiger partial charge on any atom is 0.134 e. The van der Waals surface area contributed by atoms with Crippen molar-refractivity contribution in [2.75, 3.05) is 7.05 Å². The quantitative estimate of drug-likeness (QED) is 0.773. The van der Waals surface area contributed by atoms with E-state index in [0.29, 0.717) is 5.58 Å². The zero-order valence-electron chi connectivity index (χ0n) is 10.7. The Hall–Kier alpha value is -1.65. The van der Waals surface area contributed by atoms with Crippen LogP contribution in [0.25, 0.3) is 11.0 Å². The molecule has 0 fully saturated rings. The van der Waals surface area contributed by atoms with Crippen molar-refractivity contribution in [3.05, 3.63) is 57.7 Å². The molecule has 0 aliphatic heterocycles. The molecule has 3 aromatic rings. The Morgan fingerprint density at radius 3 is 2.74 bits per heavy atom. The summed E-state index contributed by atoms with van der Waals surface area (Å²) in [6, 6.07) is 10.7.